The fourth-order valence-corrected chi connectivity index (χ4v) is 3.22. The molecule has 0 unspecified atom stereocenters. The van der Waals surface area contributed by atoms with Gasteiger partial charge in [-0.25, -0.2) is 13.1 Å². The first-order valence-electron chi connectivity index (χ1n) is 6.35. The lowest BCUT2D eigenvalue weighted by atomic mass is 9.96. The second-order valence-electron chi connectivity index (χ2n) is 5.48. The van der Waals surface area contributed by atoms with Crippen LogP contribution in [0.15, 0.2) is 27.2 Å². The zero-order chi connectivity index (χ0) is 16.4. The van der Waals surface area contributed by atoms with Crippen LogP contribution in [0.3, 0.4) is 0 Å². The van der Waals surface area contributed by atoms with Gasteiger partial charge in [0.2, 0.25) is 15.4 Å². The molecule has 0 aliphatic rings. The Balaban J connectivity index is 2.05. The standard InChI is InChI=1S/C12H16N4O4S2/c1-12(2,3)9(17)14-10-15-16-11(21-10)22(18,19)13-7-8-5-4-6-20-8/h4-6,13H,7H2,1-3H3,(H,14,15,17). The first-order chi connectivity index (χ1) is 10.2. The number of carbonyl (C=O) groups excluding carboxylic acids is 1. The molecule has 0 radical (unpaired) electrons. The van der Waals surface area contributed by atoms with Gasteiger partial charge in [-0.15, -0.1) is 10.2 Å². The molecule has 0 aromatic carbocycles. The molecule has 0 aliphatic heterocycles. The molecule has 0 aliphatic carbocycles. The van der Waals surface area contributed by atoms with Crippen molar-refractivity contribution in [3.63, 3.8) is 0 Å². The van der Waals surface area contributed by atoms with Gasteiger partial charge < -0.3 is 9.73 Å². The minimum atomic E-state index is -3.80. The number of carbonyl (C=O) groups is 1. The Bertz CT molecular complexity index is 744. The number of hydrogen-bond acceptors (Lipinski definition) is 7. The van der Waals surface area contributed by atoms with Crippen LogP contribution in [-0.4, -0.2) is 24.5 Å². The monoisotopic (exact) mass is 344 g/mol. The molecule has 0 bridgehead atoms. The highest BCUT2D eigenvalue weighted by molar-refractivity contribution is 7.91. The Kier molecular flexibility index (Phi) is 4.63. The summed E-state index contributed by atoms with van der Waals surface area (Å²) < 4.78 is 31.3. The predicted octanol–water partition coefficient (Wildman–Crippen LogP) is 1.59. The molecule has 2 N–H and O–H groups in total. The number of hydrogen-bond donors (Lipinski definition) is 2. The molecular formula is C12H16N4O4S2. The smallest absolute Gasteiger partial charge is 0.270 e. The summed E-state index contributed by atoms with van der Waals surface area (Å²) in [4.78, 5) is 11.8. The van der Waals surface area contributed by atoms with E-state index in [0.29, 0.717) is 5.76 Å². The van der Waals surface area contributed by atoms with E-state index in [9.17, 15) is 13.2 Å². The molecule has 0 spiro atoms. The van der Waals surface area contributed by atoms with Crippen LogP contribution in [0.25, 0.3) is 0 Å². The first-order valence-corrected chi connectivity index (χ1v) is 8.65. The van der Waals surface area contributed by atoms with Gasteiger partial charge in [-0.3, -0.25) is 4.79 Å². The van der Waals surface area contributed by atoms with E-state index in [2.05, 4.69) is 20.2 Å². The number of nitrogens with one attached hydrogen (secondary N) is 2. The lowest BCUT2D eigenvalue weighted by molar-refractivity contribution is -0.123. The molecule has 0 saturated heterocycles. The summed E-state index contributed by atoms with van der Waals surface area (Å²) in [6, 6.07) is 3.31. The number of nitrogens with zero attached hydrogens (tertiary/aromatic N) is 2. The van der Waals surface area contributed by atoms with Crippen molar-refractivity contribution in [2.45, 2.75) is 31.7 Å². The fraction of sp³-hybridized carbons (Fsp3) is 0.417. The van der Waals surface area contributed by atoms with Crippen LogP contribution < -0.4 is 10.0 Å². The van der Waals surface area contributed by atoms with Crippen LogP contribution in [-0.2, 0) is 21.4 Å². The third kappa shape index (κ3) is 4.12. The first kappa shape index (κ1) is 16.6. The van der Waals surface area contributed by atoms with E-state index in [1.807, 2.05) is 0 Å². The van der Waals surface area contributed by atoms with Gasteiger partial charge in [-0.1, -0.05) is 32.1 Å². The van der Waals surface area contributed by atoms with Gasteiger partial charge in [0.05, 0.1) is 12.8 Å². The lowest BCUT2D eigenvalue weighted by Gasteiger charge is -2.15. The quantitative estimate of drug-likeness (QED) is 0.796. The minimum absolute atomic E-state index is 0.0125. The maximum Gasteiger partial charge on any atom is 0.270 e. The molecule has 22 heavy (non-hydrogen) atoms. The van der Waals surface area contributed by atoms with Crippen molar-refractivity contribution >= 4 is 32.4 Å². The number of amides is 1. The summed E-state index contributed by atoms with van der Waals surface area (Å²) in [6.45, 7) is 5.24. The third-order valence-electron chi connectivity index (χ3n) is 2.55. The molecule has 0 atom stereocenters. The highest BCUT2D eigenvalue weighted by Gasteiger charge is 2.25. The normalized spacial score (nSPS) is 12.3. The van der Waals surface area contributed by atoms with Gasteiger partial charge in [0.1, 0.15) is 5.76 Å². The van der Waals surface area contributed by atoms with Crippen LogP contribution in [0.5, 0.6) is 0 Å². The molecule has 0 fully saturated rings. The Morgan fingerprint density at radius 1 is 1.36 bits per heavy atom. The summed E-state index contributed by atoms with van der Waals surface area (Å²) >= 11 is 0.786. The molecule has 10 heteroatoms. The van der Waals surface area contributed by atoms with Crippen molar-refractivity contribution in [1.29, 1.82) is 0 Å². The van der Waals surface area contributed by atoms with E-state index < -0.39 is 15.4 Å². The molecular weight excluding hydrogens is 328 g/mol. The third-order valence-corrected chi connectivity index (χ3v) is 5.16. The van der Waals surface area contributed by atoms with Crippen molar-refractivity contribution in [2.75, 3.05) is 5.32 Å². The summed E-state index contributed by atoms with van der Waals surface area (Å²) in [7, 11) is -3.80. The van der Waals surface area contributed by atoms with Gasteiger partial charge in [0.15, 0.2) is 0 Å². The molecule has 2 rings (SSSR count). The Labute approximate surface area is 132 Å². The van der Waals surface area contributed by atoms with Gasteiger partial charge in [0.25, 0.3) is 10.0 Å². The van der Waals surface area contributed by atoms with Gasteiger partial charge in [0, 0.05) is 5.41 Å². The summed E-state index contributed by atoms with van der Waals surface area (Å²) in [6.07, 6.45) is 1.45. The van der Waals surface area contributed by atoms with Gasteiger partial charge in [-0.05, 0) is 12.1 Å². The van der Waals surface area contributed by atoms with Crippen molar-refractivity contribution in [3.05, 3.63) is 24.2 Å². The summed E-state index contributed by atoms with van der Waals surface area (Å²) in [5.74, 6) is 0.213. The van der Waals surface area contributed by atoms with E-state index in [1.165, 1.54) is 6.26 Å². The number of anilines is 1. The topological polar surface area (TPSA) is 114 Å². The van der Waals surface area contributed by atoms with Crippen molar-refractivity contribution < 1.29 is 17.6 Å². The van der Waals surface area contributed by atoms with Crippen molar-refractivity contribution in [1.82, 2.24) is 14.9 Å². The highest BCUT2D eigenvalue weighted by Crippen LogP contribution is 2.23. The Morgan fingerprint density at radius 3 is 2.68 bits per heavy atom. The molecule has 1 amide bonds. The molecule has 0 saturated carbocycles. The van der Waals surface area contributed by atoms with Crippen LogP contribution in [0.4, 0.5) is 5.13 Å². The highest BCUT2D eigenvalue weighted by atomic mass is 32.2. The maximum absolute atomic E-state index is 12.1. The number of sulfonamides is 1. The second kappa shape index (κ2) is 6.15. The van der Waals surface area contributed by atoms with E-state index in [1.54, 1.807) is 32.9 Å². The summed E-state index contributed by atoms with van der Waals surface area (Å²) in [5, 5.41) is 9.95. The minimum Gasteiger partial charge on any atom is -0.468 e. The van der Waals surface area contributed by atoms with Gasteiger partial charge in [-0.2, -0.15) is 0 Å². The Morgan fingerprint density at radius 2 is 2.09 bits per heavy atom. The van der Waals surface area contributed by atoms with Crippen LogP contribution in [0.1, 0.15) is 26.5 Å². The number of aromatic nitrogens is 2. The maximum atomic E-state index is 12.1. The van der Waals surface area contributed by atoms with Crippen molar-refractivity contribution in [3.8, 4) is 0 Å². The second-order valence-corrected chi connectivity index (χ2v) is 8.40. The zero-order valence-corrected chi connectivity index (χ0v) is 13.9. The number of rotatable bonds is 5. The number of furan rings is 1. The zero-order valence-electron chi connectivity index (χ0n) is 12.3. The van der Waals surface area contributed by atoms with E-state index in [0.717, 1.165) is 11.3 Å². The molecule has 2 aromatic heterocycles. The van der Waals surface area contributed by atoms with Crippen LogP contribution in [0, 0.1) is 5.41 Å². The average Bonchev–Trinajstić information content (AvgIpc) is 3.06. The van der Waals surface area contributed by atoms with Crippen LogP contribution in [0.2, 0.25) is 0 Å². The SMILES string of the molecule is CC(C)(C)C(=O)Nc1nnc(S(=O)(=O)NCc2ccco2)s1. The fourth-order valence-electron chi connectivity index (χ4n) is 1.29. The molecule has 2 heterocycles. The predicted molar refractivity (Wildman–Crippen MR) is 80.7 cm³/mol. The van der Waals surface area contributed by atoms with Crippen LogP contribution >= 0.6 is 11.3 Å². The van der Waals surface area contributed by atoms with E-state index >= 15 is 0 Å². The largest absolute Gasteiger partial charge is 0.468 e. The summed E-state index contributed by atoms with van der Waals surface area (Å²) in [5.41, 5.74) is -0.609. The lowest BCUT2D eigenvalue weighted by Crippen LogP contribution is -2.27. The molecule has 2 aromatic rings. The average molecular weight is 344 g/mol. The van der Waals surface area contributed by atoms with Crippen molar-refractivity contribution in [2.24, 2.45) is 5.41 Å². The van der Waals surface area contributed by atoms with E-state index in [4.69, 9.17) is 4.42 Å². The molecule has 120 valence electrons. The van der Waals surface area contributed by atoms with E-state index in [-0.39, 0.29) is 21.9 Å². The Hall–Kier alpha value is -1.78. The van der Waals surface area contributed by atoms with Gasteiger partial charge >= 0.3 is 0 Å². The molecule has 8 nitrogen and oxygen atoms in total.